The molecule has 3 aliphatic heterocycles. The molecule has 6 heteroatoms. The Morgan fingerprint density at radius 2 is 1.89 bits per heavy atom. The van der Waals surface area contributed by atoms with E-state index in [4.69, 9.17) is 18.9 Å². The van der Waals surface area contributed by atoms with Gasteiger partial charge in [-0.1, -0.05) is 27.2 Å². The lowest BCUT2D eigenvalue weighted by Crippen LogP contribution is -2.71. The zero-order valence-corrected chi connectivity index (χ0v) is 16.8. The van der Waals surface area contributed by atoms with Crippen LogP contribution in [0.15, 0.2) is 0 Å². The first-order valence-electron chi connectivity index (χ1n) is 10.5. The smallest absolute Gasteiger partial charge is 0.311 e. The van der Waals surface area contributed by atoms with Crippen molar-refractivity contribution in [2.24, 2.45) is 22.7 Å². The summed E-state index contributed by atoms with van der Waals surface area (Å²) in [5.74, 6) is 0.196. The van der Waals surface area contributed by atoms with E-state index in [9.17, 15) is 9.90 Å². The second-order valence-corrected chi connectivity index (χ2v) is 10.6. The maximum atomic E-state index is 12.8. The van der Waals surface area contributed by atoms with Crippen molar-refractivity contribution < 1.29 is 28.8 Å². The molecule has 3 saturated carbocycles. The maximum absolute atomic E-state index is 12.8. The van der Waals surface area contributed by atoms with Crippen LogP contribution in [0.2, 0.25) is 0 Å². The van der Waals surface area contributed by atoms with Gasteiger partial charge >= 0.3 is 5.97 Å². The van der Waals surface area contributed by atoms with E-state index in [0.29, 0.717) is 0 Å². The zero-order valence-electron chi connectivity index (χ0n) is 16.8. The molecule has 0 bridgehead atoms. The molecule has 0 aromatic carbocycles. The van der Waals surface area contributed by atoms with Gasteiger partial charge in [-0.05, 0) is 38.0 Å². The number of epoxide rings is 3. The number of esters is 1. The van der Waals surface area contributed by atoms with Gasteiger partial charge in [-0.3, -0.25) is 4.79 Å². The summed E-state index contributed by atoms with van der Waals surface area (Å²) in [6.07, 6.45) is 2.68. The largest absolute Gasteiger partial charge is 0.469 e. The van der Waals surface area contributed by atoms with E-state index >= 15 is 0 Å². The number of hydrogen-bond donors (Lipinski definition) is 1. The van der Waals surface area contributed by atoms with Gasteiger partial charge in [0.25, 0.3) is 0 Å². The SMILES string of the molecule is COC(=O)C1(C)CCCC2(C)C1CC1OC13C(O)C1(C(C)C)OC1C1OC123. The Hall–Kier alpha value is -0.690. The van der Waals surface area contributed by atoms with Gasteiger partial charge in [-0.25, -0.2) is 0 Å². The van der Waals surface area contributed by atoms with Crippen LogP contribution < -0.4 is 0 Å². The van der Waals surface area contributed by atoms with Crippen molar-refractivity contribution in [1.82, 2.24) is 0 Å². The lowest BCUT2D eigenvalue weighted by Gasteiger charge is -2.58. The number of carbonyl (C=O) groups is 1. The summed E-state index contributed by atoms with van der Waals surface area (Å²) in [5, 5.41) is 11.5. The second kappa shape index (κ2) is 4.40. The predicted octanol–water partition coefficient (Wildman–Crippen LogP) is 1.82. The summed E-state index contributed by atoms with van der Waals surface area (Å²) in [6.45, 7) is 8.52. The van der Waals surface area contributed by atoms with Crippen molar-refractivity contribution >= 4 is 5.97 Å². The average molecular weight is 378 g/mol. The molecule has 3 aliphatic carbocycles. The highest BCUT2D eigenvalue weighted by Crippen LogP contribution is 2.83. The van der Waals surface area contributed by atoms with Crippen LogP contribution >= 0.6 is 0 Å². The van der Waals surface area contributed by atoms with Crippen LogP contribution in [0.5, 0.6) is 0 Å². The molecule has 0 amide bonds. The quantitative estimate of drug-likeness (QED) is 0.583. The van der Waals surface area contributed by atoms with Crippen molar-refractivity contribution in [1.29, 1.82) is 0 Å². The third-order valence-electron chi connectivity index (χ3n) is 9.60. The van der Waals surface area contributed by atoms with Crippen LogP contribution in [-0.4, -0.2) is 59.4 Å². The molecule has 1 N–H and O–H groups in total. The van der Waals surface area contributed by atoms with Gasteiger partial charge in [0.15, 0.2) is 5.60 Å². The molecular formula is C21H30O6. The maximum Gasteiger partial charge on any atom is 0.311 e. The minimum absolute atomic E-state index is 0.0407. The number of ether oxygens (including phenoxy) is 4. The topological polar surface area (TPSA) is 84.1 Å². The molecule has 6 fully saturated rings. The predicted molar refractivity (Wildman–Crippen MR) is 93.8 cm³/mol. The standard InChI is InChI=1S/C21H30O6/c1-10(2)19-13(26-19)14-21(27-14)18(4)8-6-7-17(3,16(23)24-5)11(18)9-12-20(21,25-12)15(19)22/h10-15,22H,6-9H2,1-5H3. The van der Waals surface area contributed by atoms with E-state index in [2.05, 4.69) is 27.7 Å². The molecule has 0 aromatic heterocycles. The van der Waals surface area contributed by atoms with Gasteiger partial charge in [0.1, 0.15) is 29.5 Å². The lowest BCUT2D eigenvalue weighted by molar-refractivity contribution is -0.177. The van der Waals surface area contributed by atoms with Gasteiger partial charge in [0.2, 0.25) is 0 Å². The van der Waals surface area contributed by atoms with E-state index in [1.54, 1.807) is 0 Å². The molecule has 6 nitrogen and oxygen atoms in total. The number of rotatable bonds is 2. The Morgan fingerprint density at radius 3 is 2.56 bits per heavy atom. The third kappa shape index (κ3) is 1.42. The summed E-state index contributed by atoms with van der Waals surface area (Å²) in [5.41, 5.74) is -2.52. The molecule has 3 saturated heterocycles. The molecule has 6 rings (SSSR count). The molecule has 10 unspecified atom stereocenters. The Balaban J connectivity index is 1.48. The first-order valence-corrected chi connectivity index (χ1v) is 10.5. The first kappa shape index (κ1) is 17.2. The highest BCUT2D eigenvalue weighted by Gasteiger charge is 3.00. The van der Waals surface area contributed by atoms with E-state index in [-0.39, 0.29) is 41.5 Å². The van der Waals surface area contributed by atoms with E-state index in [1.807, 2.05) is 0 Å². The number of aliphatic hydroxyl groups excluding tert-OH is 1. The fourth-order valence-electron chi connectivity index (χ4n) is 8.21. The molecule has 10 atom stereocenters. The van der Waals surface area contributed by atoms with Gasteiger partial charge in [0.05, 0.1) is 18.6 Å². The molecular weight excluding hydrogens is 348 g/mol. The molecule has 0 radical (unpaired) electrons. The Morgan fingerprint density at radius 1 is 1.15 bits per heavy atom. The second-order valence-electron chi connectivity index (χ2n) is 10.6. The van der Waals surface area contributed by atoms with Crippen LogP contribution in [0.3, 0.4) is 0 Å². The molecule has 150 valence electrons. The number of aliphatic hydroxyl groups is 1. The third-order valence-corrected chi connectivity index (χ3v) is 9.60. The van der Waals surface area contributed by atoms with Crippen LogP contribution in [0.1, 0.15) is 53.4 Å². The van der Waals surface area contributed by atoms with Gasteiger partial charge < -0.3 is 24.1 Å². The summed E-state index contributed by atoms with van der Waals surface area (Å²) in [4.78, 5) is 12.8. The van der Waals surface area contributed by atoms with Crippen LogP contribution in [-0.2, 0) is 23.7 Å². The Labute approximate surface area is 159 Å². The number of methoxy groups -OCH3 is 1. The fourth-order valence-corrected chi connectivity index (χ4v) is 8.21. The van der Waals surface area contributed by atoms with Crippen molar-refractivity contribution in [2.45, 2.75) is 94.6 Å². The zero-order chi connectivity index (χ0) is 19.2. The highest BCUT2D eigenvalue weighted by atomic mass is 16.7. The normalized spacial score (nSPS) is 64.5. The van der Waals surface area contributed by atoms with Crippen molar-refractivity contribution in [3.8, 4) is 0 Å². The van der Waals surface area contributed by atoms with Gasteiger partial charge in [0, 0.05) is 5.41 Å². The van der Waals surface area contributed by atoms with Crippen LogP contribution in [0.25, 0.3) is 0 Å². The van der Waals surface area contributed by atoms with Crippen LogP contribution in [0, 0.1) is 22.7 Å². The van der Waals surface area contributed by atoms with Gasteiger partial charge in [-0.15, -0.1) is 0 Å². The monoisotopic (exact) mass is 378 g/mol. The molecule has 6 aliphatic rings. The minimum Gasteiger partial charge on any atom is -0.469 e. The van der Waals surface area contributed by atoms with Crippen molar-refractivity contribution in [3.05, 3.63) is 0 Å². The Bertz CT molecular complexity index is 753. The molecule has 2 spiro atoms. The fraction of sp³-hybridized carbons (Fsp3) is 0.952. The average Bonchev–Trinajstić information content (AvgIpc) is 3.49. The minimum atomic E-state index is -0.678. The summed E-state index contributed by atoms with van der Waals surface area (Å²) in [7, 11) is 1.48. The van der Waals surface area contributed by atoms with E-state index in [1.165, 1.54) is 7.11 Å². The number of carbonyl (C=O) groups excluding carboxylic acids is 1. The number of hydrogen-bond acceptors (Lipinski definition) is 6. The van der Waals surface area contributed by atoms with Crippen LogP contribution in [0.4, 0.5) is 0 Å². The van der Waals surface area contributed by atoms with E-state index in [0.717, 1.165) is 25.7 Å². The Kier molecular flexibility index (Phi) is 2.80. The molecule has 0 aromatic rings. The highest BCUT2D eigenvalue weighted by molar-refractivity contribution is 5.77. The first-order chi connectivity index (χ1) is 12.7. The molecule has 3 heterocycles. The summed E-state index contributed by atoms with van der Waals surface area (Å²) < 4.78 is 24.3. The van der Waals surface area contributed by atoms with Crippen molar-refractivity contribution in [3.63, 3.8) is 0 Å². The summed E-state index contributed by atoms with van der Waals surface area (Å²) >= 11 is 0. The number of fused-ring (bicyclic) bond motifs is 3. The molecule has 27 heavy (non-hydrogen) atoms. The van der Waals surface area contributed by atoms with Gasteiger partial charge in [-0.2, -0.15) is 0 Å². The lowest BCUT2D eigenvalue weighted by atomic mass is 9.42. The van der Waals surface area contributed by atoms with Crippen molar-refractivity contribution in [2.75, 3.05) is 7.11 Å². The van der Waals surface area contributed by atoms with E-state index < -0.39 is 28.3 Å². The summed E-state index contributed by atoms with van der Waals surface area (Å²) in [6, 6.07) is 0.